The highest BCUT2D eigenvalue weighted by Gasteiger charge is 2.18. The molecule has 0 aromatic carbocycles. The Hall–Kier alpha value is -0.960. The number of aromatic nitrogens is 1. The van der Waals surface area contributed by atoms with Crippen molar-refractivity contribution in [1.82, 2.24) is 10.3 Å². The zero-order chi connectivity index (χ0) is 14.3. The number of hydrogen-bond acceptors (Lipinski definition) is 2. The van der Waals surface area contributed by atoms with Crippen LogP contribution in [0, 0.1) is 11.2 Å². The summed E-state index contributed by atoms with van der Waals surface area (Å²) in [6.07, 6.45) is 8.03. The Morgan fingerprint density at radius 1 is 1.32 bits per heavy atom. The average Bonchev–Trinajstić information content (AvgIpc) is 2.36. The molecule has 1 aromatic rings. The molecule has 0 fully saturated rings. The third kappa shape index (κ3) is 6.15. The van der Waals surface area contributed by atoms with Gasteiger partial charge in [-0.25, -0.2) is 4.39 Å². The molecule has 108 valence electrons. The fourth-order valence-corrected chi connectivity index (χ4v) is 2.15. The highest BCUT2D eigenvalue weighted by atomic mass is 19.1. The van der Waals surface area contributed by atoms with Gasteiger partial charge >= 0.3 is 0 Å². The predicted octanol–water partition coefficient (Wildman–Crippen LogP) is 4.48. The second-order valence-electron chi connectivity index (χ2n) is 6.16. The van der Waals surface area contributed by atoms with Crippen LogP contribution in [0.15, 0.2) is 18.5 Å². The Morgan fingerprint density at radius 2 is 2.05 bits per heavy atom. The van der Waals surface area contributed by atoms with Gasteiger partial charge in [0.25, 0.3) is 0 Å². The van der Waals surface area contributed by atoms with Gasteiger partial charge in [-0.3, -0.25) is 4.98 Å². The van der Waals surface area contributed by atoms with Crippen LogP contribution in [0.2, 0.25) is 0 Å². The first kappa shape index (κ1) is 16.1. The molecule has 0 aliphatic heterocycles. The Morgan fingerprint density at radius 3 is 2.68 bits per heavy atom. The fourth-order valence-electron chi connectivity index (χ4n) is 2.15. The first-order chi connectivity index (χ1) is 8.94. The molecule has 0 radical (unpaired) electrons. The Bertz CT molecular complexity index is 377. The standard InChI is InChI=1S/C16H27FN2/c1-5-6-7-8-16(3,4)12-19-13(2)14-9-15(17)11-18-10-14/h9-11,13,19H,5-8,12H2,1-4H3. The van der Waals surface area contributed by atoms with E-state index in [1.165, 1.54) is 31.9 Å². The zero-order valence-electron chi connectivity index (χ0n) is 12.7. The normalized spacial score (nSPS) is 13.5. The van der Waals surface area contributed by atoms with Crippen molar-refractivity contribution in [2.45, 2.75) is 59.4 Å². The molecule has 3 heteroatoms. The summed E-state index contributed by atoms with van der Waals surface area (Å²) < 4.78 is 13.1. The zero-order valence-corrected chi connectivity index (χ0v) is 12.7. The summed E-state index contributed by atoms with van der Waals surface area (Å²) in [6, 6.07) is 1.68. The summed E-state index contributed by atoms with van der Waals surface area (Å²) in [5.74, 6) is -0.270. The van der Waals surface area contributed by atoms with Crippen LogP contribution >= 0.6 is 0 Å². The number of rotatable bonds is 8. The lowest BCUT2D eigenvalue weighted by Crippen LogP contribution is -2.31. The van der Waals surface area contributed by atoms with E-state index in [4.69, 9.17) is 0 Å². The Labute approximate surface area is 116 Å². The maximum Gasteiger partial charge on any atom is 0.141 e. The van der Waals surface area contributed by atoms with Crippen LogP contribution in [-0.2, 0) is 0 Å². The van der Waals surface area contributed by atoms with E-state index in [-0.39, 0.29) is 17.3 Å². The van der Waals surface area contributed by atoms with Crippen molar-refractivity contribution >= 4 is 0 Å². The molecule has 1 rings (SSSR count). The monoisotopic (exact) mass is 266 g/mol. The third-order valence-corrected chi connectivity index (χ3v) is 3.57. The molecule has 0 spiro atoms. The smallest absolute Gasteiger partial charge is 0.141 e. The second kappa shape index (κ2) is 7.59. The van der Waals surface area contributed by atoms with Gasteiger partial charge in [0, 0.05) is 18.8 Å². The SMILES string of the molecule is CCCCCC(C)(C)CNC(C)c1cncc(F)c1. The lowest BCUT2D eigenvalue weighted by Gasteiger charge is -2.27. The molecular weight excluding hydrogens is 239 g/mol. The van der Waals surface area contributed by atoms with E-state index >= 15 is 0 Å². The van der Waals surface area contributed by atoms with Crippen molar-refractivity contribution in [3.05, 3.63) is 29.8 Å². The summed E-state index contributed by atoms with van der Waals surface area (Å²) in [5, 5.41) is 3.49. The predicted molar refractivity (Wildman–Crippen MR) is 78.5 cm³/mol. The maximum absolute atomic E-state index is 13.1. The Balaban J connectivity index is 2.42. The fraction of sp³-hybridized carbons (Fsp3) is 0.688. The molecule has 0 amide bonds. The number of nitrogens with zero attached hydrogens (tertiary/aromatic N) is 1. The van der Waals surface area contributed by atoms with Crippen molar-refractivity contribution in [3.8, 4) is 0 Å². The van der Waals surface area contributed by atoms with Gasteiger partial charge in [0.1, 0.15) is 5.82 Å². The van der Waals surface area contributed by atoms with Crippen LogP contribution in [-0.4, -0.2) is 11.5 Å². The summed E-state index contributed by atoms with van der Waals surface area (Å²) in [5.41, 5.74) is 1.19. The molecule has 1 N–H and O–H groups in total. The molecule has 1 atom stereocenters. The molecule has 0 bridgehead atoms. The summed E-state index contributed by atoms with van der Waals surface area (Å²) >= 11 is 0. The molecule has 0 saturated heterocycles. The highest BCUT2D eigenvalue weighted by molar-refractivity contribution is 5.14. The van der Waals surface area contributed by atoms with E-state index in [0.29, 0.717) is 0 Å². The van der Waals surface area contributed by atoms with Gasteiger partial charge in [-0.15, -0.1) is 0 Å². The van der Waals surface area contributed by atoms with Crippen molar-refractivity contribution in [1.29, 1.82) is 0 Å². The van der Waals surface area contributed by atoms with Crippen molar-refractivity contribution in [3.63, 3.8) is 0 Å². The van der Waals surface area contributed by atoms with Gasteiger partial charge in [0.2, 0.25) is 0 Å². The number of pyridine rings is 1. The van der Waals surface area contributed by atoms with Gasteiger partial charge in [0.05, 0.1) is 6.20 Å². The quantitative estimate of drug-likeness (QED) is 0.702. The summed E-state index contributed by atoms with van der Waals surface area (Å²) in [7, 11) is 0. The van der Waals surface area contributed by atoms with E-state index in [1.807, 2.05) is 0 Å². The third-order valence-electron chi connectivity index (χ3n) is 3.57. The van der Waals surface area contributed by atoms with E-state index < -0.39 is 0 Å². The minimum atomic E-state index is -0.270. The number of halogens is 1. The molecule has 0 saturated carbocycles. The van der Waals surface area contributed by atoms with Crippen LogP contribution in [0.25, 0.3) is 0 Å². The van der Waals surface area contributed by atoms with Gasteiger partial charge in [0.15, 0.2) is 0 Å². The van der Waals surface area contributed by atoms with Crippen molar-refractivity contribution < 1.29 is 4.39 Å². The molecule has 0 aliphatic carbocycles. The van der Waals surface area contributed by atoms with Crippen molar-refractivity contribution in [2.24, 2.45) is 5.41 Å². The number of hydrogen-bond donors (Lipinski definition) is 1. The first-order valence-electron chi connectivity index (χ1n) is 7.28. The van der Waals surface area contributed by atoms with Gasteiger partial charge in [-0.1, -0.05) is 40.0 Å². The van der Waals surface area contributed by atoms with Crippen LogP contribution < -0.4 is 5.32 Å². The average molecular weight is 266 g/mol. The van der Waals surface area contributed by atoms with Crippen LogP contribution in [0.4, 0.5) is 4.39 Å². The summed E-state index contributed by atoms with van der Waals surface area (Å²) in [4.78, 5) is 3.90. The van der Waals surface area contributed by atoms with Gasteiger partial charge < -0.3 is 5.32 Å². The van der Waals surface area contributed by atoms with E-state index in [0.717, 1.165) is 12.1 Å². The second-order valence-corrected chi connectivity index (χ2v) is 6.16. The number of unbranched alkanes of at least 4 members (excludes halogenated alkanes) is 2. The Kier molecular flexibility index (Phi) is 6.43. The van der Waals surface area contributed by atoms with E-state index in [1.54, 1.807) is 12.3 Å². The van der Waals surface area contributed by atoms with Crippen LogP contribution in [0.3, 0.4) is 0 Å². The molecule has 19 heavy (non-hydrogen) atoms. The maximum atomic E-state index is 13.1. The van der Waals surface area contributed by atoms with E-state index in [2.05, 4.69) is 38.0 Å². The minimum Gasteiger partial charge on any atom is -0.310 e. The van der Waals surface area contributed by atoms with E-state index in [9.17, 15) is 4.39 Å². The van der Waals surface area contributed by atoms with Gasteiger partial charge in [-0.2, -0.15) is 0 Å². The van der Waals surface area contributed by atoms with Gasteiger partial charge in [-0.05, 0) is 30.4 Å². The molecule has 1 heterocycles. The van der Waals surface area contributed by atoms with Crippen LogP contribution in [0.5, 0.6) is 0 Å². The number of nitrogens with one attached hydrogen (secondary N) is 1. The molecule has 1 aromatic heterocycles. The molecular formula is C16H27FN2. The topological polar surface area (TPSA) is 24.9 Å². The molecule has 2 nitrogen and oxygen atoms in total. The minimum absolute atomic E-state index is 0.133. The lowest BCUT2D eigenvalue weighted by atomic mass is 9.86. The van der Waals surface area contributed by atoms with Crippen molar-refractivity contribution in [2.75, 3.05) is 6.54 Å². The largest absolute Gasteiger partial charge is 0.310 e. The van der Waals surface area contributed by atoms with Crippen LogP contribution in [0.1, 0.15) is 65.0 Å². The molecule has 1 unspecified atom stereocenters. The first-order valence-corrected chi connectivity index (χ1v) is 7.28. The molecule has 0 aliphatic rings. The highest BCUT2D eigenvalue weighted by Crippen LogP contribution is 2.24. The summed E-state index contributed by atoms with van der Waals surface area (Å²) in [6.45, 7) is 9.79. The lowest BCUT2D eigenvalue weighted by molar-refractivity contribution is 0.290.